The average Bonchev–Trinajstić information content (AvgIpc) is 2.85. The number of hydrogen-bond donors (Lipinski definition) is 0. The Morgan fingerprint density at radius 2 is 1.73 bits per heavy atom. The molecule has 0 fully saturated rings. The molecule has 0 aliphatic carbocycles. The molecule has 0 atom stereocenters. The first-order valence-corrected chi connectivity index (χ1v) is 7.43. The van der Waals surface area contributed by atoms with Gasteiger partial charge in [-0.3, -0.25) is 0 Å². The molecule has 0 radical (unpaired) electrons. The molecule has 1 aromatic carbocycles. The van der Waals surface area contributed by atoms with Crippen LogP contribution in [-0.2, 0) is 21.8 Å². The second-order valence-electron chi connectivity index (χ2n) is 4.29. The molecule has 0 saturated heterocycles. The molecule has 1 aromatic heterocycles. The summed E-state index contributed by atoms with van der Waals surface area (Å²) in [5.74, 6) is -4.72. The van der Waals surface area contributed by atoms with Crippen LogP contribution in [0.25, 0.3) is 11.5 Å². The van der Waals surface area contributed by atoms with Gasteiger partial charge in [0.2, 0.25) is 15.7 Å². The lowest BCUT2D eigenvalue weighted by molar-refractivity contribution is -0.137. The van der Waals surface area contributed by atoms with Gasteiger partial charge in [0.05, 0.1) is 11.3 Å². The first-order valence-electron chi connectivity index (χ1n) is 5.71. The van der Waals surface area contributed by atoms with Crippen molar-refractivity contribution < 1.29 is 34.8 Å². The van der Waals surface area contributed by atoms with Crippen molar-refractivity contribution in [1.29, 1.82) is 0 Å². The van der Waals surface area contributed by atoms with Crippen LogP contribution in [0.5, 0.6) is 0 Å². The lowest BCUT2D eigenvalue weighted by Crippen LogP contribution is -2.13. The molecule has 10 heteroatoms. The first-order chi connectivity index (χ1) is 10.1. The van der Waals surface area contributed by atoms with Crippen LogP contribution in [0.3, 0.4) is 0 Å². The molecule has 1 heterocycles. The normalized spacial score (nSPS) is 12.8. The summed E-state index contributed by atoms with van der Waals surface area (Å²) in [6.45, 7) is 0. The maximum atomic E-state index is 12.4. The predicted molar refractivity (Wildman–Crippen MR) is 65.6 cm³/mol. The highest BCUT2D eigenvalue weighted by Crippen LogP contribution is 2.30. The first kappa shape index (κ1) is 16.4. The van der Waals surface area contributed by atoms with E-state index in [0.29, 0.717) is 0 Å². The smallest absolute Gasteiger partial charge is 0.416 e. The fourth-order valence-electron chi connectivity index (χ4n) is 1.58. The van der Waals surface area contributed by atoms with Gasteiger partial charge < -0.3 is 4.42 Å². The minimum Gasteiger partial charge on any atom is -0.444 e. The third kappa shape index (κ3) is 3.62. The van der Waals surface area contributed by atoms with E-state index in [1.807, 2.05) is 0 Å². The van der Waals surface area contributed by atoms with E-state index in [4.69, 9.17) is 4.42 Å². The van der Waals surface area contributed by atoms with Crippen molar-refractivity contribution >= 4 is 9.84 Å². The summed E-state index contributed by atoms with van der Waals surface area (Å²) in [7, 11) is -4.65. The molecule has 120 valence electrons. The lowest BCUT2D eigenvalue weighted by atomic mass is 10.1. The third-order valence-corrected chi connectivity index (χ3v) is 3.87. The zero-order valence-corrected chi connectivity index (χ0v) is 11.5. The molecule has 2 aromatic rings. The van der Waals surface area contributed by atoms with Gasteiger partial charge in [0.15, 0.2) is 0 Å². The highest BCUT2D eigenvalue weighted by Gasteiger charge is 2.30. The Morgan fingerprint density at radius 3 is 2.23 bits per heavy atom. The fraction of sp³-hybridized carbons (Fsp3) is 0.250. The number of alkyl halides is 5. The Morgan fingerprint density at radius 1 is 1.14 bits per heavy atom. The number of hydrogen-bond acceptors (Lipinski definition) is 4. The predicted octanol–water partition coefficient (Wildman–Crippen LogP) is 3.50. The van der Waals surface area contributed by atoms with Gasteiger partial charge in [-0.2, -0.15) is 22.0 Å². The van der Waals surface area contributed by atoms with Gasteiger partial charge in [-0.25, -0.2) is 13.4 Å². The minimum absolute atomic E-state index is 0.159. The van der Waals surface area contributed by atoms with Gasteiger partial charge in [0.1, 0.15) is 12.0 Å². The Labute approximate surface area is 121 Å². The second-order valence-corrected chi connectivity index (χ2v) is 6.26. The summed E-state index contributed by atoms with van der Waals surface area (Å²) in [6.07, 6.45) is -3.63. The number of aromatic nitrogens is 1. The van der Waals surface area contributed by atoms with Crippen LogP contribution in [0.4, 0.5) is 22.0 Å². The third-order valence-electron chi connectivity index (χ3n) is 2.63. The summed E-state index contributed by atoms with van der Waals surface area (Å²) in [4.78, 5) is 3.68. The van der Waals surface area contributed by atoms with E-state index in [1.54, 1.807) is 0 Å². The van der Waals surface area contributed by atoms with E-state index >= 15 is 0 Å². The summed E-state index contributed by atoms with van der Waals surface area (Å²) < 4.78 is 88.7. The lowest BCUT2D eigenvalue weighted by Gasteiger charge is -2.06. The molecular formula is C12H8F5NO3S. The molecule has 0 aliphatic rings. The van der Waals surface area contributed by atoms with E-state index < -0.39 is 33.1 Å². The zero-order chi connectivity index (χ0) is 16.5. The van der Waals surface area contributed by atoms with Crippen LogP contribution in [0.1, 0.15) is 11.3 Å². The molecule has 22 heavy (non-hydrogen) atoms. The van der Waals surface area contributed by atoms with Gasteiger partial charge in [-0.1, -0.05) is 0 Å². The van der Waals surface area contributed by atoms with Crippen LogP contribution >= 0.6 is 0 Å². The molecule has 0 aliphatic heterocycles. The molecule has 0 amide bonds. The fourth-order valence-corrected chi connectivity index (χ4v) is 2.25. The van der Waals surface area contributed by atoms with Crippen molar-refractivity contribution in [2.75, 3.05) is 0 Å². The molecule has 0 saturated carbocycles. The van der Waals surface area contributed by atoms with Gasteiger partial charge in [0, 0.05) is 5.56 Å². The van der Waals surface area contributed by atoms with Crippen molar-refractivity contribution in [1.82, 2.24) is 4.98 Å². The Balaban J connectivity index is 2.22. The van der Waals surface area contributed by atoms with Gasteiger partial charge >= 0.3 is 11.9 Å². The molecule has 4 nitrogen and oxygen atoms in total. The SMILES string of the molecule is O=S(=O)(Cc1coc(-c2ccc(C(F)(F)F)cc2)n1)C(F)F. The van der Waals surface area contributed by atoms with Crippen molar-refractivity contribution in [3.05, 3.63) is 41.8 Å². The van der Waals surface area contributed by atoms with Gasteiger partial charge in [0.25, 0.3) is 0 Å². The van der Waals surface area contributed by atoms with Crippen LogP contribution in [0, 0.1) is 0 Å². The van der Waals surface area contributed by atoms with E-state index in [1.165, 1.54) is 0 Å². The number of oxazole rings is 1. The van der Waals surface area contributed by atoms with E-state index in [2.05, 4.69) is 4.98 Å². The number of rotatable bonds is 4. The molecule has 0 spiro atoms. The topological polar surface area (TPSA) is 60.2 Å². The molecular weight excluding hydrogens is 333 g/mol. The van der Waals surface area contributed by atoms with E-state index in [-0.39, 0.29) is 17.1 Å². The standard InChI is InChI=1S/C12H8F5NO3S/c13-11(14)22(19,20)6-9-5-21-10(18-9)7-1-3-8(4-2-7)12(15,16)17/h1-5,11H,6H2. The Hall–Kier alpha value is -1.97. The van der Waals surface area contributed by atoms with E-state index in [0.717, 1.165) is 30.5 Å². The maximum absolute atomic E-state index is 12.4. The van der Waals surface area contributed by atoms with Crippen molar-refractivity contribution in [3.8, 4) is 11.5 Å². The summed E-state index contributed by atoms with van der Waals surface area (Å²) in [5.41, 5.74) is -0.966. The minimum atomic E-state index is -4.65. The second kappa shape index (κ2) is 5.67. The average molecular weight is 341 g/mol. The van der Waals surface area contributed by atoms with Crippen LogP contribution in [-0.4, -0.2) is 19.2 Å². The van der Waals surface area contributed by atoms with Crippen molar-refractivity contribution in [2.45, 2.75) is 17.7 Å². The number of sulfone groups is 1. The Kier molecular flexibility index (Phi) is 4.23. The van der Waals surface area contributed by atoms with Crippen LogP contribution in [0.15, 0.2) is 34.9 Å². The van der Waals surface area contributed by atoms with Crippen molar-refractivity contribution in [3.63, 3.8) is 0 Å². The highest BCUT2D eigenvalue weighted by atomic mass is 32.2. The number of halogens is 5. The number of nitrogens with zero attached hydrogens (tertiary/aromatic N) is 1. The van der Waals surface area contributed by atoms with Crippen LogP contribution in [0.2, 0.25) is 0 Å². The van der Waals surface area contributed by atoms with Gasteiger partial charge in [-0.15, -0.1) is 0 Å². The monoisotopic (exact) mass is 341 g/mol. The highest BCUT2D eigenvalue weighted by molar-refractivity contribution is 7.90. The quantitative estimate of drug-likeness (QED) is 0.799. The summed E-state index contributed by atoms with van der Waals surface area (Å²) in [6, 6.07) is 3.77. The molecule has 0 unspecified atom stereocenters. The molecule has 2 rings (SSSR count). The van der Waals surface area contributed by atoms with Crippen LogP contribution < -0.4 is 0 Å². The maximum Gasteiger partial charge on any atom is 0.416 e. The van der Waals surface area contributed by atoms with Crippen molar-refractivity contribution in [2.24, 2.45) is 0 Å². The molecule has 0 bridgehead atoms. The number of benzene rings is 1. The largest absolute Gasteiger partial charge is 0.444 e. The Bertz CT molecular complexity index is 750. The summed E-state index contributed by atoms with van der Waals surface area (Å²) in [5, 5.41) is 0. The molecule has 0 N–H and O–H groups in total. The van der Waals surface area contributed by atoms with E-state index in [9.17, 15) is 30.4 Å². The summed E-state index contributed by atoms with van der Waals surface area (Å²) >= 11 is 0. The zero-order valence-electron chi connectivity index (χ0n) is 10.6. The van der Waals surface area contributed by atoms with Gasteiger partial charge in [-0.05, 0) is 24.3 Å².